The second-order valence-corrected chi connectivity index (χ2v) is 8.03. The maximum Gasteiger partial charge on any atom is 0.410 e. The summed E-state index contributed by atoms with van der Waals surface area (Å²) in [6.07, 6.45) is 8.02. The first kappa shape index (κ1) is 17.3. The monoisotopic (exact) mass is 371 g/mol. The summed E-state index contributed by atoms with van der Waals surface area (Å²) < 4.78 is 5.89. The number of amides is 1. The van der Waals surface area contributed by atoms with E-state index in [4.69, 9.17) is 4.74 Å². The lowest BCUT2D eigenvalue weighted by molar-refractivity contribution is 0.0850. The minimum atomic E-state index is -0.164. The van der Waals surface area contributed by atoms with Crippen LogP contribution in [0.5, 0.6) is 0 Å². The Hall–Kier alpha value is -2.81. The third-order valence-corrected chi connectivity index (χ3v) is 6.43. The number of nitrogens with zero attached hydrogens (tertiary/aromatic N) is 1. The summed E-state index contributed by atoms with van der Waals surface area (Å²) in [5.41, 5.74) is 6.44. The molecule has 0 saturated carbocycles. The smallest absolute Gasteiger partial charge is 0.410 e. The molecular weight excluding hydrogens is 346 g/mol. The van der Waals surface area contributed by atoms with Crippen LogP contribution in [0.1, 0.15) is 42.7 Å². The molecule has 2 aromatic rings. The van der Waals surface area contributed by atoms with Crippen molar-refractivity contribution >= 4 is 6.09 Å². The van der Waals surface area contributed by atoms with E-state index in [0.29, 0.717) is 6.61 Å². The second kappa shape index (κ2) is 6.97. The van der Waals surface area contributed by atoms with Gasteiger partial charge >= 0.3 is 6.09 Å². The zero-order valence-corrected chi connectivity index (χ0v) is 16.0. The first-order valence-electron chi connectivity index (χ1n) is 10.2. The normalized spacial score (nSPS) is 22.4. The molecule has 3 aliphatic rings. The first-order chi connectivity index (χ1) is 13.8. The van der Waals surface area contributed by atoms with Gasteiger partial charge in [0.1, 0.15) is 6.61 Å². The Balaban J connectivity index is 1.33. The lowest BCUT2D eigenvalue weighted by Gasteiger charge is -2.33. The van der Waals surface area contributed by atoms with Gasteiger partial charge in [0, 0.05) is 12.0 Å². The highest BCUT2D eigenvalue weighted by Crippen LogP contribution is 2.45. The third-order valence-electron chi connectivity index (χ3n) is 6.43. The van der Waals surface area contributed by atoms with Crippen molar-refractivity contribution in [3.8, 4) is 11.1 Å². The Morgan fingerprint density at radius 3 is 2.39 bits per heavy atom. The zero-order chi connectivity index (χ0) is 19.1. The lowest BCUT2D eigenvalue weighted by Crippen LogP contribution is -2.43. The maximum atomic E-state index is 13.0. The van der Waals surface area contributed by atoms with Crippen molar-refractivity contribution in [2.75, 3.05) is 6.61 Å². The molecule has 5 rings (SSSR count). The molecule has 1 fully saturated rings. The van der Waals surface area contributed by atoms with E-state index in [1.807, 2.05) is 11.0 Å². The number of hydrogen-bond donors (Lipinski definition) is 0. The highest BCUT2D eigenvalue weighted by Gasteiger charge is 2.40. The average molecular weight is 371 g/mol. The molecule has 3 heteroatoms. The minimum absolute atomic E-state index is 0.116. The van der Waals surface area contributed by atoms with Crippen LogP contribution in [0.4, 0.5) is 4.79 Å². The number of benzene rings is 2. The molecule has 1 amide bonds. The topological polar surface area (TPSA) is 29.5 Å². The number of fused-ring (bicyclic) bond motifs is 5. The largest absolute Gasteiger partial charge is 0.448 e. The number of rotatable bonds is 4. The van der Waals surface area contributed by atoms with E-state index >= 15 is 0 Å². The van der Waals surface area contributed by atoms with Gasteiger partial charge in [0.05, 0.1) is 6.04 Å². The molecule has 0 radical (unpaired) electrons. The van der Waals surface area contributed by atoms with Gasteiger partial charge in [0.15, 0.2) is 0 Å². The van der Waals surface area contributed by atoms with Crippen molar-refractivity contribution in [3.05, 3.63) is 84.0 Å². The highest BCUT2D eigenvalue weighted by atomic mass is 16.6. The van der Waals surface area contributed by atoms with Gasteiger partial charge in [0.2, 0.25) is 0 Å². The molecule has 142 valence electrons. The Labute approximate surface area is 166 Å². The van der Waals surface area contributed by atoms with Gasteiger partial charge in [-0.3, -0.25) is 4.90 Å². The van der Waals surface area contributed by atoms with Crippen LogP contribution in [-0.4, -0.2) is 29.7 Å². The fraction of sp³-hybridized carbons (Fsp3) is 0.320. The van der Waals surface area contributed by atoms with Crippen molar-refractivity contribution in [1.82, 2.24) is 4.90 Å². The zero-order valence-electron chi connectivity index (χ0n) is 16.0. The van der Waals surface area contributed by atoms with Crippen LogP contribution in [-0.2, 0) is 4.74 Å². The van der Waals surface area contributed by atoms with Gasteiger partial charge in [-0.2, -0.15) is 0 Å². The lowest BCUT2D eigenvalue weighted by atomic mass is 9.98. The van der Waals surface area contributed by atoms with Crippen molar-refractivity contribution in [1.29, 1.82) is 0 Å². The van der Waals surface area contributed by atoms with E-state index in [0.717, 1.165) is 25.7 Å². The van der Waals surface area contributed by atoms with Crippen LogP contribution in [0.2, 0.25) is 0 Å². The van der Waals surface area contributed by atoms with E-state index in [1.54, 1.807) is 0 Å². The average Bonchev–Trinajstić information content (AvgIpc) is 3.18. The maximum absolute atomic E-state index is 13.0. The standard InChI is InChI=1S/C25H25NO2/c1-2-7-17-14-18-12-13-19(15-17)26(18)25(27)28-16-24-22-10-5-3-8-20(22)21-9-4-6-11-23(21)24/h2-6,8-11,14,18-19,24H,1,7,12-13,15-16H2. The Bertz CT molecular complexity index is 915. The molecule has 3 nitrogen and oxygen atoms in total. The molecule has 2 unspecified atom stereocenters. The molecule has 0 N–H and O–H groups in total. The molecule has 2 heterocycles. The van der Waals surface area contributed by atoms with Crippen molar-refractivity contribution in [3.63, 3.8) is 0 Å². The van der Waals surface area contributed by atoms with Gasteiger partial charge in [-0.05, 0) is 47.9 Å². The predicted octanol–water partition coefficient (Wildman–Crippen LogP) is 5.67. The third kappa shape index (κ3) is 2.77. The van der Waals surface area contributed by atoms with E-state index in [2.05, 4.69) is 61.2 Å². The summed E-state index contributed by atoms with van der Waals surface area (Å²) in [4.78, 5) is 14.9. The molecule has 1 aliphatic carbocycles. The fourth-order valence-electron chi connectivity index (χ4n) is 5.21. The SMILES string of the molecule is C=CCC1=CC2CCC(C1)N2C(=O)OCC1c2ccccc2-c2ccccc21. The van der Waals surface area contributed by atoms with Gasteiger partial charge in [-0.1, -0.05) is 66.3 Å². The molecule has 2 bridgehead atoms. The molecular formula is C25H25NO2. The van der Waals surface area contributed by atoms with E-state index in [1.165, 1.54) is 27.8 Å². The Kier molecular flexibility index (Phi) is 4.31. The number of ether oxygens (including phenoxy) is 1. The Morgan fingerprint density at radius 2 is 1.75 bits per heavy atom. The van der Waals surface area contributed by atoms with Crippen LogP contribution in [0.25, 0.3) is 11.1 Å². The quantitative estimate of drug-likeness (QED) is 0.648. The number of carbonyl (C=O) groups is 1. The van der Waals surface area contributed by atoms with E-state index in [9.17, 15) is 4.79 Å². The molecule has 0 aromatic heterocycles. The van der Waals surface area contributed by atoms with Crippen molar-refractivity contribution in [2.24, 2.45) is 0 Å². The van der Waals surface area contributed by atoms with Gasteiger partial charge in [0.25, 0.3) is 0 Å². The van der Waals surface area contributed by atoms with Gasteiger partial charge in [-0.25, -0.2) is 4.79 Å². The highest BCUT2D eigenvalue weighted by molar-refractivity contribution is 5.79. The summed E-state index contributed by atoms with van der Waals surface area (Å²) in [5.74, 6) is 0.116. The first-order valence-corrected chi connectivity index (χ1v) is 10.2. The summed E-state index contributed by atoms with van der Waals surface area (Å²) in [7, 11) is 0. The summed E-state index contributed by atoms with van der Waals surface area (Å²) in [6.45, 7) is 4.24. The van der Waals surface area contributed by atoms with Crippen LogP contribution in [0, 0.1) is 0 Å². The van der Waals surface area contributed by atoms with Crippen molar-refractivity contribution in [2.45, 2.75) is 43.7 Å². The number of hydrogen-bond acceptors (Lipinski definition) is 2. The molecule has 28 heavy (non-hydrogen) atoms. The molecule has 2 aliphatic heterocycles. The van der Waals surface area contributed by atoms with Crippen molar-refractivity contribution < 1.29 is 9.53 Å². The minimum Gasteiger partial charge on any atom is -0.448 e. The predicted molar refractivity (Wildman–Crippen MR) is 111 cm³/mol. The number of allylic oxidation sites excluding steroid dienone is 1. The molecule has 2 aromatic carbocycles. The Morgan fingerprint density at radius 1 is 1.07 bits per heavy atom. The van der Waals surface area contributed by atoms with Gasteiger partial charge < -0.3 is 4.74 Å². The molecule has 2 atom stereocenters. The summed E-state index contributed by atoms with van der Waals surface area (Å²) >= 11 is 0. The summed E-state index contributed by atoms with van der Waals surface area (Å²) in [5, 5.41) is 0. The van der Waals surface area contributed by atoms with Crippen LogP contribution in [0.3, 0.4) is 0 Å². The second-order valence-electron chi connectivity index (χ2n) is 8.03. The van der Waals surface area contributed by atoms with E-state index < -0.39 is 0 Å². The number of carbonyl (C=O) groups excluding carboxylic acids is 1. The van der Waals surface area contributed by atoms with Gasteiger partial charge in [-0.15, -0.1) is 6.58 Å². The molecule has 0 spiro atoms. The fourth-order valence-corrected chi connectivity index (χ4v) is 5.21. The summed E-state index contributed by atoms with van der Waals surface area (Å²) in [6, 6.07) is 17.4. The van der Waals surface area contributed by atoms with Crippen LogP contribution >= 0.6 is 0 Å². The molecule has 1 saturated heterocycles. The van der Waals surface area contributed by atoms with E-state index in [-0.39, 0.29) is 24.1 Å². The van der Waals surface area contributed by atoms with Crippen LogP contribution in [0.15, 0.2) is 72.8 Å². The van der Waals surface area contributed by atoms with Crippen LogP contribution < -0.4 is 0 Å².